The van der Waals surface area contributed by atoms with Crippen molar-refractivity contribution in [2.24, 2.45) is 5.92 Å². The van der Waals surface area contributed by atoms with Gasteiger partial charge in [0.1, 0.15) is 0 Å². The average molecular weight is 363 g/mol. The van der Waals surface area contributed by atoms with Crippen LogP contribution < -0.4 is 10.2 Å². The van der Waals surface area contributed by atoms with Gasteiger partial charge in [-0.25, -0.2) is 0 Å². The number of aromatic nitrogens is 2. The summed E-state index contributed by atoms with van der Waals surface area (Å²) >= 11 is 2.97. The number of hydrogen-bond donors (Lipinski definition) is 1. The van der Waals surface area contributed by atoms with Gasteiger partial charge >= 0.3 is 0 Å². The van der Waals surface area contributed by atoms with E-state index in [9.17, 15) is 4.79 Å². The lowest BCUT2D eigenvalue weighted by molar-refractivity contribution is -0.116. The molecule has 0 atom stereocenters. The summed E-state index contributed by atoms with van der Waals surface area (Å²) in [5, 5.41) is 12.4. The molecular formula is C17H22N4OS2. The Labute approximate surface area is 150 Å². The van der Waals surface area contributed by atoms with Crippen molar-refractivity contribution in [2.45, 2.75) is 31.0 Å². The van der Waals surface area contributed by atoms with E-state index in [1.165, 1.54) is 28.7 Å². The molecule has 1 aliphatic heterocycles. The minimum absolute atomic E-state index is 0.138. The van der Waals surface area contributed by atoms with Crippen molar-refractivity contribution in [3.63, 3.8) is 0 Å². The molecule has 1 aromatic carbocycles. The zero-order chi connectivity index (χ0) is 16.9. The van der Waals surface area contributed by atoms with E-state index in [2.05, 4.69) is 35.4 Å². The van der Waals surface area contributed by atoms with Crippen molar-refractivity contribution in [3.8, 4) is 0 Å². The second kappa shape index (κ2) is 7.98. The molecule has 3 rings (SSSR count). The van der Waals surface area contributed by atoms with Crippen molar-refractivity contribution in [2.75, 3.05) is 29.1 Å². The van der Waals surface area contributed by atoms with Crippen LogP contribution in [0.25, 0.3) is 0 Å². The van der Waals surface area contributed by atoms with E-state index in [1.807, 2.05) is 23.1 Å². The lowest BCUT2D eigenvalue weighted by Crippen LogP contribution is -2.36. The number of carbonyl (C=O) groups excluding carboxylic acids is 1. The highest BCUT2D eigenvalue weighted by Crippen LogP contribution is 2.29. The normalized spacial score (nSPS) is 13.9. The molecule has 2 aromatic rings. The van der Waals surface area contributed by atoms with E-state index >= 15 is 0 Å². The molecule has 0 fully saturated rings. The molecule has 2 heterocycles. The van der Waals surface area contributed by atoms with E-state index in [0.717, 1.165) is 41.1 Å². The highest BCUT2D eigenvalue weighted by molar-refractivity contribution is 8.01. The highest BCUT2D eigenvalue weighted by atomic mass is 32.2. The first-order chi connectivity index (χ1) is 11.6. The Balaban J connectivity index is 1.57. The maximum absolute atomic E-state index is 12.6. The number of hydrogen-bond acceptors (Lipinski definition) is 6. The number of anilines is 2. The molecule has 1 aliphatic rings. The molecule has 0 bridgehead atoms. The molecule has 7 heteroatoms. The number of nitrogens with one attached hydrogen (secondary N) is 1. The molecule has 24 heavy (non-hydrogen) atoms. The predicted octanol–water partition coefficient (Wildman–Crippen LogP) is 3.68. The largest absolute Gasteiger partial charge is 0.360 e. The molecule has 0 spiro atoms. The Morgan fingerprint density at radius 1 is 1.38 bits per heavy atom. The Bertz CT molecular complexity index is 701. The number of rotatable bonds is 6. The number of amides is 1. The average Bonchev–Trinajstić information content (AvgIpc) is 3.05. The smallest absolute Gasteiger partial charge is 0.237 e. The fourth-order valence-corrected chi connectivity index (χ4v) is 4.26. The van der Waals surface area contributed by atoms with Gasteiger partial charge in [-0.2, -0.15) is 0 Å². The van der Waals surface area contributed by atoms with Crippen molar-refractivity contribution in [3.05, 3.63) is 29.8 Å². The van der Waals surface area contributed by atoms with Crippen molar-refractivity contribution >= 4 is 39.8 Å². The molecule has 0 saturated carbocycles. The van der Waals surface area contributed by atoms with E-state index in [0.29, 0.717) is 11.7 Å². The summed E-state index contributed by atoms with van der Waals surface area (Å²) < 4.78 is 0.833. The van der Waals surface area contributed by atoms with Crippen LogP contribution in [-0.2, 0) is 11.2 Å². The van der Waals surface area contributed by atoms with E-state index in [4.69, 9.17) is 0 Å². The second-order valence-electron chi connectivity index (χ2n) is 6.21. The SMILES string of the molecule is CC(C)CNc1nnc(SCC(=O)N2CCCc3ccccc32)s1. The monoisotopic (exact) mass is 362 g/mol. The Morgan fingerprint density at radius 3 is 3.04 bits per heavy atom. The van der Waals surface area contributed by atoms with Crippen molar-refractivity contribution in [1.82, 2.24) is 10.2 Å². The Hall–Kier alpha value is -1.60. The third-order valence-electron chi connectivity index (χ3n) is 3.80. The molecule has 5 nitrogen and oxygen atoms in total. The number of carbonyl (C=O) groups is 1. The van der Waals surface area contributed by atoms with Gasteiger partial charge in [0.25, 0.3) is 0 Å². The van der Waals surface area contributed by atoms with Gasteiger partial charge in [-0.1, -0.05) is 55.1 Å². The summed E-state index contributed by atoms with van der Waals surface area (Å²) in [6.07, 6.45) is 2.07. The highest BCUT2D eigenvalue weighted by Gasteiger charge is 2.22. The van der Waals surface area contributed by atoms with Gasteiger partial charge in [0.05, 0.1) is 5.75 Å². The quantitative estimate of drug-likeness (QED) is 0.795. The summed E-state index contributed by atoms with van der Waals surface area (Å²) in [6.45, 7) is 5.98. The van der Waals surface area contributed by atoms with Gasteiger partial charge in [-0.15, -0.1) is 10.2 Å². The van der Waals surface area contributed by atoms with Gasteiger partial charge in [0.2, 0.25) is 11.0 Å². The van der Waals surface area contributed by atoms with E-state index < -0.39 is 0 Å². The van der Waals surface area contributed by atoms with Gasteiger partial charge < -0.3 is 10.2 Å². The minimum Gasteiger partial charge on any atom is -0.360 e. The van der Waals surface area contributed by atoms with Gasteiger partial charge in [-0.3, -0.25) is 4.79 Å². The maximum atomic E-state index is 12.6. The minimum atomic E-state index is 0.138. The molecule has 128 valence electrons. The zero-order valence-corrected chi connectivity index (χ0v) is 15.6. The first kappa shape index (κ1) is 17.2. The maximum Gasteiger partial charge on any atom is 0.237 e. The van der Waals surface area contributed by atoms with Crippen LogP contribution in [0.4, 0.5) is 10.8 Å². The number of aryl methyl sites for hydroxylation is 1. The first-order valence-corrected chi connectivity index (χ1v) is 10.0. The van der Waals surface area contributed by atoms with Crippen LogP contribution >= 0.6 is 23.1 Å². The van der Waals surface area contributed by atoms with E-state index in [1.54, 1.807) is 0 Å². The lowest BCUT2D eigenvalue weighted by atomic mass is 10.0. The lowest BCUT2D eigenvalue weighted by Gasteiger charge is -2.29. The number of benzene rings is 1. The molecular weight excluding hydrogens is 340 g/mol. The number of fused-ring (bicyclic) bond motifs is 1. The fraction of sp³-hybridized carbons (Fsp3) is 0.471. The molecule has 0 unspecified atom stereocenters. The van der Waals surface area contributed by atoms with Crippen LogP contribution in [0.15, 0.2) is 28.6 Å². The summed E-state index contributed by atoms with van der Waals surface area (Å²) in [5.41, 5.74) is 2.32. The summed E-state index contributed by atoms with van der Waals surface area (Å²) in [4.78, 5) is 14.5. The van der Waals surface area contributed by atoms with E-state index in [-0.39, 0.29) is 5.91 Å². The first-order valence-electron chi connectivity index (χ1n) is 8.22. The van der Waals surface area contributed by atoms with Gasteiger partial charge in [0.15, 0.2) is 4.34 Å². The third-order valence-corrected chi connectivity index (χ3v) is 5.80. The van der Waals surface area contributed by atoms with Crippen LogP contribution in [0.2, 0.25) is 0 Å². The number of para-hydroxylation sites is 1. The summed E-state index contributed by atoms with van der Waals surface area (Å²) in [5.74, 6) is 1.09. The summed E-state index contributed by atoms with van der Waals surface area (Å²) in [6, 6.07) is 8.18. The van der Waals surface area contributed by atoms with Crippen molar-refractivity contribution in [1.29, 1.82) is 0 Å². The van der Waals surface area contributed by atoms with Crippen LogP contribution in [-0.4, -0.2) is 34.9 Å². The van der Waals surface area contributed by atoms with Crippen LogP contribution in [0.5, 0.6) is 0 Å². The van der Waals surface area contributed by atoms with Crippen LogP contribution in [0.3, 0.4) is 0 Å². The predicted molar refractivity (Wildman–Crippen MR) is 101 cm³/mol. The van der Waals surface area contributed by atoms with Crippen molar-refractivity contribution < 1.29 is 4.79 Å². The fourth-order valence-electron chi connectivity index (χ4n) is 2.63. The van der Waals surface area contributed by atoms with Gasteiger partial charge in [0, 0.05) is 18.8 Å². The third kappa shape index (κ3) is 4.27. The van der Waals surface area contributed by atoms with Crippen LogP contribution in [0.1, 0.15) is 25.8 Å². The number of nitrogens with zero attached hydrogens (tertiary/aromatic N) is 3. The number of thioether (sulfide) groups is 1. The standard InChI is InChI=1S/C17H22N4OS2/c1-12(2)10-18-16-19-20-17(24-16)23-11-15(22)21-9-5-7-13-6-3-4-8-14(13)21/h3-4,6,8,12H,5,7,9-11H2,1-2H3,(H,18,19). The topological polar surface area (TPSA) is 58.1 Å². The molecule has 0 radical (unpaired) electrons. The Kier molecular flexibility index (Phi) is 5.73. The molecule has 1 aromatic heterocycles. The second-order valence-corrected chi connectivity index (χ2v) is 8.41. The summed E-state index contributed by atoms with van der Waals surface area (Å²) in [7, 11) is 0. The van der Waals surface area contributed by atoms with Gasteiger partial charge in [-0.05, 0) is 30.4 Å². The van der Waals surface area contributed by atoms with Crippen LogP contribution in [0, 0.1) is 5.92 Å². The Morgan fingerprint density at radius 2 is 2.21 bits per heavy atom. The molecule has 1 N–H and O–H groups in total. The molecule has 1 amide bonds. The molecule has 0 saturated heterocycles. The molecule has 0 aliphatic carbocycles. The zero-order valence-electron chi connectivity index (χ0n) is 14.0.